The van der Waals surface area contributed by atoms with Crippen molar-refractivity contribution >= 4 is 12.0 Å². The van der Waals surface area contributed by atoms with Crippen LogP contribution in [0.1, 0.15) is 22.3 Å². The first-order valence-corrected chi connectivity index (χ1v) is 4.82. The van der Waals surface area contributed by atoms with Crippen molar-refractivity contribution in [2.75, 3.05) is 11.9 Å². The van der Waals surface area contributed by atoms with Crippen LogP contribution in [-0.4, -0.2) is 12.8 Å². The van der Waals surface area contributed by atoms with Crippen molar-refractivity contribution < 1.29 is 4.79 Å². The van der Waals surface area contributed by atoms with Crippen LogP contribution in [0.15, 0.2) is 6.07 Å². The molecule has 0 saturated carbocycles. The normalized spacial score (nSPS) is 10.0. The molecule has 0 bridgehead atoms. The molecule has 0 aliphatic heterocycles. The summed E-state index contributed by atoms with van der Waals surface area (Å²) < 4.78 is 0. The summed E-state index contributed by atoms with van der Waals surface area (Å²) in [5.41, 5.74) is 6.10. The van der Waals surface area contributed by atoms with Crippen LogP contribution in [0.3, 0.4) is 0 Å². The van der Waals surface area contributed by atoms with E-state index in [0.29, 0.717) is 6.54 Å². The fourth-order valence-corrected chi connectivity index (χ4v) is 1.63. The zero-order chi connectivity index (χ0) is 10.7. The number of hydrogen-bond acceptors (Lipinski definition) is 2. The first-order valence-electron chi connectivity index (χ1n) is 4.82. The number of aldehydes is 1. The zero-order valence-electron chi connectivity index (χ0n) is 9.27. The molecular formula is C12H17NO. The summed E-state index contributed by atoms with van der Waals surface area (Å²) in [6, 6.07) is 2.18. The monoisotopic (exact) mass is 191 g/mol. The molecule has 1 N–H and O–H groups in total. The largest absolute Gasteiger partial charge is 0.378 e. The lowest BCUT2D eigenvalue weighted by Gasteiger charge is -2.15. The third kappa shape index (κ3) is 1.95. The molecule has 0 amide bonds. The SMILES string of the molecule is Cc1cc(C)c(C)c(NCC=O)c1C. The Morgan fingerprint density at radius 2 is 1.64 bits per heavy atom. The summed E-state index contributed by atoms with van der Waals surface area (Å²) in [6.45, 7) is 8.72. The van der Waals surface area contributed by atoms with Gasteiger partial charge >= 0.3 is 0 Å². The van der Waals surface area contributed by atoms with Gasteiger partial charge in [0.05, 0.1) is 6.54 Å². The Morgan fingerprint density at radius 3 is 2.07 bits per heavy atom. The van der Waals surface area contributed by atoms with Crippen molar-refractivity contribution in [2.45, 2.75) is 27.7 Å². The molecule has 76 valence electrons. The molecular weight excluding hydrogens is 174 g/mol. The molecule has 1 aromatic rings. The lowest BCUT2D eigenvalue weighted by Crippen LogP contribution is -2.07. The van der Waals surface area contributed by atoms with Gasteiger partial charge in [-0.25, -0.2) is 0 Å². The average molecular weight is 191 g/mol. The summed E-state index contributed by atoms with van der Waals surface area (Å²) >= 11 is 0. The van der Waals surface area contributed by atoms with Gasteiger partial charge in [-0.2, -0.15) is 0 Å². The second-order valence-electron chi connectivity index (χ2n) is 3.68. The van der Waals surface area contributed by atoms with Gasteiger partial charge in [0.1, 0.15) is 6.29 Å². The lowest BCUT2D eigenvalue weighted by molar-refractivity contribution is -0.106. The zero-order valence-corrected chi connectivity index (χ0v) is 9.27. The second-order valence-corrected chi connectivity index (χ2v) is 3.68. The molecule has 0 aliphatic carbocycles. The molecule has 1 aromatic carbocycles. The van der Waals surface area contributed by atoms with Gasteiger partial charge in [0.25, 0.3) is 0 Å². The number of carbonyl (C=O) groups is 1. The summed E-state index contributed by atoms with van der Waals surface area (Å²) in [5.74, 6) is 0. The number of aryl methyl sites for hydroxylation is 2. The van der Waals surface area contributed by atoms with Crippen LogP contribution in [0.5, 0.6) is 0 Å². The van der Waals surface area contributed by atoms with E-state index < -0.39 is 0 Å². The minimum Gasteiger partial charge on any atom is -0.378 e. The Bertz CT molecular complexity index is 330. The number of anilines is 1. The van der Waals surface area contributed by atoms with Crippen molar-refractivity contribution in [1.29, 1.82) is 0 Å². The summed E-state index contributed by atoms with van der Waals surface area (Å²) in [6.07, 6.45) is 0.885. The van der Waals surface area contributed by atoms with Gasteiger partial charge in [-0.1, -0.05) is 6.07 Å². The van der Waals surface area contributed by atoms with E-state index in [1.54, 1.807) is 0 Å². The Balaban J connectivity index is 3.17. The van der Waals surface area contributed by atoms with Crippen LogP contribution in [0.2, 0.25) is 0 Å². The van der Waals surface area contributed by atoms with E-state index in [4.69, 9.17) is 0 Å². The first kappa shape index (κ1) is 10.8. The van der Waals surface area contributed by atoms with Crippen molar-refractivity contribution in [3.63, 3.8) is 0 Å². The molecule has 0 fully saturated rings. The average Bonchev–Trinajstić information content (AvgIpc) is 2.15. The van der Waals surface area contributed by atoms with Crippen LogP contribution in [0.25, 0.3) is 0 Å². The third-order valence-corrected chi connectivity index (χ3v) is 2.73. The molecule has 2 heteroatoms. The number of carbonyl (C=O) groups excluding carboxylic acids is 1. The van der Waals surface area contributed by atoms with Gasteiger partial charge in [-0.05, 0) is 49.9 Å². The third-order valence-electron chi connectivity index (χ3n) is 2.73. The number of rotatable bonds is 3. The summed E-state index contributed by atoms with van der Waals surface area (Å²) in [4.78, 5) is 10.3. The fourth-order valence-electron chi connectivity index (χ4n) is 1.63. The van der Waals surface area contributed by atoms with Crippen molar-refractivity contribution in [3.05, 3.63) is 28.3 Å². The fraction of sp³-hybridized carbons (Fsp3) is 0.417. The molecule has 0 aromatic heterocycles. The number of nitrogens with one attached hydrogen (secondary N) is 1. The van der Waals surface area contributed by atoms with Crippen LogP contribution >= 0.6 is 0 Å². The first-order chi connectivity index (χ1) is 6.57. The smallest absolute Gasteiger partial charge is 0.139 e. The highest BCUT2D eigenvalue weighted by atomic mass is 16.1. The second kappa shape index (κ2) is 4.27. The van der Waals surface area contributed by atoms with Crippen LogP contribution in [-0.2, 0) is 4.79 Å². The standard InChI is InChI=1S/C12H17NO/c1-8-7-9(2)11(4)12(10(8)3)13-5-6-14/h6-7,13H,5H2,1-4H3. The highest BCUT2D eigenvalue weighted by molar-refractivity contribution is 5.66. The number of hydrogen-bond donors (Lipinski definition) is 1. The van der Waals surface area contributed by atoms with Gasteiger partial charge in [-0.3, -0.25) is 0 Å². The van der Waals surface area contributed by atoms with E-state index in [9.17, 15) is 4.79 Å². The topological polar surface area (TPSA) is 29.1 Å². The Kier molecular flexibility index (Phi) is 3.28. The quantitative estimate of drug-likeness (QED) is 0.744. The van der Waals surface area contributed by atoms with Crippen molar-refractivity contribution in [3.8, 4) is 0 Å². The van der Waals surface area contributed by atoms with E-state index in [2.05, 4.69) is 39.1 Å². The minimum absolute atomic E-state index is 0.380. The van der Waals surface area contributed by atoms with Crippen LogP contribution in [0.4, 0.5) is 5.69 Å². The van der Waals surface area contributed by atoms with Crippen LogP contribution < -0.4 is 5.32 Å². The van der Waals surface area contributed by atoms with Crippen LogP contribution in [0, 0.1) is 27.7 Å². The Morgan fingerprint density at radius 1 is 1.14 bits per heavy atom. The molecule has 0 aliphatic rings. The van der Waals surface area contributed by atoms with E-state index in [1.807, 2.05) is 0 Å². The molecule has 1 rings (SSSR count). The predicted octanol–water partition coefficient (Wildman–Crippen LogP) is 2.53. The van der Waals surface area contributed by atoms with Gasteiger partial charge in [0, 0.05) is 5.69 Å². The molecule has 0 atom stereocenters. The maximum Gasteiger partial charge on any atom is 0.139 e. The molecule has 0 radical (unpaired) electrons. The summed E-state index contributed by atoms with van der Waals surface area (Å²) in [7, 11) is 0. The molecule has 14 heavy (non-hydrogen) atoms. The number of benzene rings is 1. The van der Waals surface area contributed by atoms with E-state index in [0.717, 1.165) is 12.0 Å². The molecule has 0 saturated heterocycles. The highest BCUT2D eigenvalue weighted by Gasteiger charge is 2.06. The maximum atomic E-state index is 10.3. The van der Waals surface area contributed by atoms with Crippen molar-refractivity contribution in [2.24, 2.45) is 0 Å². The van der Waals surface area contributed by atoms with Gasteiger partial charge in [0.2, 0.25) is 0 Å². The lowest BCUT2D eigenvalue weighted by atomic mass is 9.99. The maximum absolute atomic E-state index is 10.3. The molecule has 0 heterocycles. The van der Waals surface area contributed by atoms with E-state index >= 15 is 0 Å². The van der Waals surface area contributed by atoms with E-state index in [1.165, 1.54) is 22.3 Å². The van der Waals surface area contributed by atoms with E-state index in [-0.39, 0.29) is 0 Å². The minimum atomic E-state index is 0.380. The summed E-state index contributed by atoms with van der Waals surface area (Å²) in [5, 5.41) is 3.14. The molecule has 0 unspecified atom stereocenters. The van der Waals surface area contributed by atoms with Gasteiger partial charge in [-0.15, -0.1) is 0 Å². The van der Waals surface area contributed by atoms with Gasteiger partial charge < -0.3 is 10.1 Å². The Hall–Kier alpha value is -1.31. The Labute approximate surface area is 85.3 Å². The highest BCUT2D eigenvalue weighted by Crippen LogP contribution is 2.26. The molecule has 0 spiro atoms. The van der Waals surface area contributed by atoms with Gasteiger partial charge in [0.15, 0.2) is 0 Å². The van der Waals surface area contributed by atoms with Crippen molar-refractivity contribution in [1.82, 2.24) is 0 Å². The predicted molar refractivity (Wildman–Crippen MR) is 59.9 cm³/mol. The molecule has 2 nitrogen and oxygen atoms in total.